The first-order valence-electron chi connectivity index (χ1n) is 8.57. The average molecular weight is 341 g/mol. The first kappa shape index (κ1) is 17.4. The summed E-state index contributed by atoms with van der Waals surface area (Å²) in [6.07, 6.45) is 0. The van der Waals surface area contributed by atoms with Gasteiger partial charge in [-0.25, -0.2) is 4.39 Å². The van der Waals surface area contributed by atoms with Crippen LogP contribution in [-0.4, -0.2) is 56.0 Å². The van der Waals surface area contributed by atoms with Gasteiger partial charge in [-0.1, -0.05) is 42.5 Å². The molecule has 3 rings (SSSR count). The molecule has 2 aromatic rings. The van der Waals surface area contributed by atoms with Crippen molar-refractivity contribution in [2.45, 2.75) is 6.04 Å². The predicted octanol–water partition coefficient (Wildman–Crippen LogP) is 2.78. The van der Waals surface area contributed by atoms with Crippen LogP contribution in [0.1, 0.15) is 11.6 Å². The highest BCUT2D eigenvalue weighted by Gasteiger charge is 2.30. The van der Waals surface area contributed by atoms with E-state index in [-0.39, 0.29) is 17.8 Å². The quantitative estimate of drug-likeness (QED) is 0.856. The SMILES string of the molecule is CN(C)C(C(=O)N1CCN(c2ccccc2F)CC1)c1ccccc1. The molecule has 0 radical (unpaired) electrons. The van der Waals surface area contributed by atoms with Gasteiger partial charge in [0.1, 0.15) is 11.9 Å². The fourth-order valence-corrected chi connectivity index (χ4v) is 3.35. The van der Waals surface area contributed by atoms with Crippen LogP contribution >= 0.6 is 0 Å². The molecule has 1 aliphatic heterocycles. The number of nitrogens with zero attached hydrogens (tertiary/aromatic N) is 3. The lowest BCUT2D eigenvalue weighted by Crippen LogP contribution is -2.51. The highest BCUT2D eigenvalue weighted by atomic mass is 19.1. The maximum absolute atomic E-state index is 14.0. The van der Waals surface area contributed by atoms with Gasteiger partial charge in [0.25, 0.3) is 0 Å². The van der Waals surface area contributed by atoms with Crippen LogP contribution in [0.2, 0.25) is 0 Å². The molecule has 0 N–H and O–H groups in total. The summed E-state index contributed by atoms with van der Waals surface area (Å²) < 4.78 is 14.0. The Morgan fingerprint density at radius 2 is 1.56 bits per heavy atom. The number of halogens is 1. The summed E-state index contributed by atoms with van der Waals surface area (Å²) in [7, 11) is 3.84. The van der Waals surface area contributed by atoms with Crippen LogP contribution < -0.4 is 4.90 Å². The number of piperazine rings is 1. The van der Waals surface area contributed by atoms with Crippen LogP contribution in [0, 0.1) is 5.82 Å². The third-order valence-corrected chi connectivity index (χ3v) is 4.65. The predicted molar refractivity (Wildman–Crippen MR) is 98.1 cm³/mol. The molecule has 0 saturated carbocycles. The monoisotopic (exact) mass is 341 g/mol. The number of amides is 1. The molecule has 1 saturated heterocycles. The molecule has 0 bridgehead atoms. The van der Waals surface area contributed by atoms with Crippen LogP contribution in [0.5, 0.6) is 0 Å². The highest BCUT2D eigenvalue weighted by molar-refractivity contribution is 5.83. The number of hydrogen-bond donors (Lipinski definition) is 0. The number of rotatable bonds is 4. The molecule has 1 heterocycles. The Labute approximate surface area is 148 Å². The van der Waals surface area contributed by atoms with Gasteiger partial charge < -0.3 is 9.80 Å². The summed E-state index contributed by atoms with van der Waals surface area (Å²) in [5.74, 6) is -0.109. The maximum Gasteiger partial charge on any atom is 0.244 e. The van der Waals surface area contributed by atoms with Gasteiger partial charge in [0.05, 0.1) is 5.69 Å². The molecule has 0 aromatic heterocycles. The van der Waals surface area contributed by atoms with Crippen LogP contribution in [0.4, 0.5) is 10.1 Å². The normalized spacial score (nSPS) is 16.2. The summed E-state index contributed by atoms with van der Waals surface area (Å²) in [4.78, 5) is 18.9. The maximum atomic E-state index is 14.0. The van der Waals surface area contributed by atoms with Crippen molar-refractivity contribution in [3.8, 4) is 0 Å². The molecule has 1 amide bonds. The molecule has 5 heteroatoms. The Kier molecular flexibility index (Phi) is 5.34. The third kappa shape index (κ3) is 3.82. The Morgan fingerprint density at radius 1 is 0.960 bits per heavy atom. The number of benzene rings is 2. The van der Waals surface area contributed by atoms with Crippen molar-refractivity contribution in [1.82, 2.24) is 9.80 Å². The first-order valence-corrected chi connectivity index (χ1v) is 8.57. The van der Waals surface area contributed by atoms with Crippen LogP contribution in [0.3, 0.4) is 0 Å². The van der Waals surface area contributed by atoms with Crippen molar-refractivity contribution in [2.75, 3.05) is 45.2 Å². The number of anilines is 1. The molecule has 132 valence electrons. The lowest BCUT2D eigenvalue weighted by molar-refractivity contribution is -0.136. The zero-order valence-corrected chi connectivity index (χ0v) is 14.7. The van der Waals surface area contributed by atoms with Crippen molar-refractivity contribution < 1.29 is 9.18 Å². The molecule has 1 fully saturated rings. The summed E-state index contributed by atoms with van der Waals surface area (Å²) in [5.41, 5.74) is 1.61. The van der Waals surface area contributed by atoms with E-state index >= 15 is 0 Å². The van der Waals surface area contributed by atoms with Crippen molar-refractivity contribution in [2.24, 2.45) is 0 Å². The molecular formula is C20H24FN3O. The second-order valence-corrected chi connectivity index (χ2v) is 6.54. The van der Waals surface area contributed by atoms with Crippen molar-refractivity contribution in [3.05, 3.63) is 66.0 Å². The Bertz CT molecular complexity index is 712. The molecule has 1 aliphatic rings. The second kappa shape index (κ2) is 7.66. The molecule has 1 unspecified atom stereocenters. The zero-order valence-electron chi connectivity index (χ0n) is 14.7. The molecular weight excluding hydrogens is 317 g/mol. The smallest absolute Gasteiger partial charge is 0.244 e. The number of para-hydroxylation sites is 1. The highest BCUT2D eigenvalue weighted by Crippen LogP contribution is 2.24. The minimum absolute atomic E-state index is 0.101. The molecule has 4 nitrogen and oxygen atoms in total. The van der Waals surface area contributed by atoms with E-state index in [9.17, 15) is 9.18 Å². The van der Waals surface area contributed by atoms with Gasteiger partial charge in [-0.2, -0.15) is 0 Å². The molecule has 25 heavy (non-hydrogen) atoms. The van der Waals surface area contributed by atoms with Gasteiger partial charge in [-0.3, -0.25) is 9.69 Å². The van der Waals surface area contributed by atoms with Crippen LogP contribution in [-0.2, 0) is 4.79 Å². The fourth-order valence-electron chi connectivity index (χ4n) is 3.35. The first-order chi connectivity index (χ1) is 12.1. The van der Waals surface area contributed by atoms with Crippen LogP contribution in [0.25, 0.3) is 0 Å². The molecule has 2 aromatic carbocycles. The minimum atomic E-state index is -0.291. The van der Waals surface area contributed by atoms with Gasteiger partial charge >= 0.3 is 0 Å². The van der Waals surface area contributed by atoms with Gasteiger partial charge in [0.2, 0.25) is 5.91 Å². The zero-order chi connectivity index (χ0) is 17.8. The van der Waals surface area contributed by atoms with Crippen molar-refractivity contribution >= 4 is 11.6 Å². The van der Waals surface area contributed by atoms with E-state index in [0.717, 1.165) is 5.56 Å². The van der Waals surface area contributed by atoms with Gasteiger partial charge in [0, 0.05) is 26.2 Å². The summed E-state index contributed by atoms with van der Waals surface area (Å²) in [6.45, 7) is 2.48. The topological polar surface area (TPSA) is 26.8 Å². The van der Waals surface area contributed by atoms with E-state index in [1.807, 2.05) is 65.2 Å². The Hall–Kier alpha value is -2.40. The molecule has 0 aliphatic carbocycles. The lowest BCUT2D eigenvalue weighted by Gasteiger charge is -2.38. The number of carbonyl (C=O) groups excluding carboxylic acids is 1. The Morgan fingerprint density at radius 3 is 2.16 bits per heavy atom. The number of carbonyl (C=O) groups is 1. The van der Waals surface area contributed by atoms with Crippen LogP contribution in [0.15, 0.2) is 54.6 Å². The molecule has 0 spiro atoms. The van der Waals surface area contributed by atoms with Gasteiger partial charge in [-0.15, -0.1) is 0 Å². The molecule has 1 atom stereocenters. The summed E-state index contributed by atoms with van der Waals surface area (Å²) in [6, 6.07) is 16.3. The van der Waals surface area contributed by atoms with Gasteiger partial charge in [-0.05, 0) is 31.8 Å². The minimum Gasteiger partial charge on any atom is -0.366 e. The third-order valence-electron chi connectivity index (χ3n) is 4.65. The fraction of sp³-hybridized carbons (Fsp3) is 0.350. The Balaban J connectivity index is 1.69. The van der Waals surface area contributed by atoms with E-state index < -0.39 is 0 Å². The average Bonchev–Trinajstić information content (AvgIpc) is 2.63. The van der Waals surface area contributed by atoms with E-state index in [1.165, 1.54) is 6.07 Å². The number of hydrogen-bond acceptors (Lipinski definition) is 3. The largest absolute Gasteiger partial charge is 0.366 e. The van der Waals surface area contributed by atoms with Gasteiger partial charge in [0.15, 0.2) is 0 Å². The number of likely N-dealkylation sites (N-methyl/N-ethyl adjacent to an activating group) is 1. The lowest BCUT2D eigenvalue weighted by atomic mass is 10.0. The summed E-state index contributed by atoms with van der Waals surface area (Å²) in [5, 5.41) is 0. The van der Waals surface area contributed by atoms with Crippen molar-refractivity contribution in [1.29, 1.82) is 0 Å². The standard InChI is InChI=1S/C20H24FN3O/c1-22(2)19(16-8-4-3-5-9-16)20(25)24-14-12-23(13-15-24)18-11-7-6-10-17(18)21/h3-11,19H,12-15H2,1-2H3. The summed E-state index contributed by atoms with van der Waals surface area (Å²) >= 11 is 0. The van der Waals surface area contributed by atoms with E-state index in [4.69, 9.17) is 0 Å². The van der Waals surface area contributed by atoms with E-state index in [2.05, 4.69) is 0 Å². The second-order valence-electron chi connectivity index (χ2n) is 6.54. The van der Waals surface area contributed by atoms with E-state index in [0.29, 0.717) is 31.9 Å². The van der Waals surface area contributed by atoms with E-state index in [1.54, 1.807) is 12.1 Å². The van der Waals surface area contributed by atoms with Crippen molar-refractivity contribution in [3.63, 3.8) is 0 Å².